The topological polar surface area (TPSA) is 62.1 Å². The average Bonchev–Trinajstić information content (AvgIpc) is 3.04. The zero-order valence-electron chi connectivity index (χ0n) is 11.6. The van der Waals surface area contributed by atoms with Crippen molar-refractivity contribution >= 4 is 22.2 Å². The number of nitriles is 1. The van der Waals surface area contributed by atoms with Crippen LogP contribution in [0.5, 0.6) is 0 Å². The molecule has 2 heterocycles. The Kier molecular flexibility index (Phi) is 3.77. The summed E-state index contributed by atoms with van der Waals surface area (Å²) in [4.78, 5) is 13.4. The lowest BCUT2D eigenvalue weighted by molar-refractivity contribution is -0.124. The van der Waals surface area contributed by atoms with Crippen molar-refractivity contribution < 1.29 is 9.53 Å². The van der Waals surface area contributed by atoms with Gasteiger partial charge in [0, 0.05) is 11.5 Å². The molecule has 1 amide bonds. The molecule has 2 atom stereocenters. The number of amides is 1. The first-order chi connectivity index (χ1) is 9.69. The highest BCUT2D eigenvalue weighted by Gasteiger charge is 2.28. The molecule has 4 nitrogen and oxygen atoms in total. The molecule has 1 aliphatic heterocycles. The smallest absolute Gasteiger partial charge is 0.254 e. The van der Waals surface area contributed by atoms with Gasteiger partial charge >= 0.3 is 0 Å². The van der Waals surface area contributed by atoms with Gasteiger partial charge in [0.2, 0.25) is 0 Å². The van der Waals surface area contributed by atoms with Crippen molar-refractivity contribution in [3.8, 4) is 6.07 Å². The summed E-state index contributed by atoms with van der Waals surface area (Å²) < 4.78 is 5.39. The second-order valence-corrected chi connectivity index (χ2v) is 6.76. The summed E-state index contributed by atoms with van der Waals surface area (Å²) in [6, 6.07) is 2.27. The second kappa shape index (κ2) is 5.55. The largest absolute Gasteiger partial charge is 0.368 e. The maximum absolute atomic E-state index is 12.1. The Labute approximate surface area is 122 Å². The van der Waals surface area contributed by atoms with Crippen LogP contribution in [0.15, 0.2) is 0 Å². The normalized spacial score (nSPS) is 25.0. The molecule has 1 N–H and O–H groups in total. The number of anilines is 1. The molecule has 2 aliphatic rings. The van der Waals surface area contributed by atoms with Gasteiger partial charge in [0.1, 0.15) is 17.2 Å². The lowest BCUT2D eigenvalue weighted by Crippen LogP contribution is -2.26. The zero-order valence-corrected chi connectivity index (χ0v) is 12.4. The number of ether oxygens (including phenoxy) is 1. The summed E-state index contributed by atoms with van der Waals surface area (Å²) in [5.41, 5.74) is 1.82. The number of hydrogen-bond acceptors (Lipinski definition) is 4. The van der Waals surface area contributed by atoms with Crippen LogP contribution in [0, 0.1) is 17.2 Å². The van der Waals surface area contributed by atoms with Crippen molar-refractivity contribution in [2.45, 2.75) is 45.1 Å². The molecule has 20 heavy (non-hydrogen) atoms. The van der Waals surface area contributed by atoms with Crippen LogP contribution in [0.3, 0.4) is 0 Å². The van der Waals surface area contributed by atoms with Gasteiger partial charge in [0.25, 0.3) is 5.91 Å². The minimum Gasteiger partial charge on any atom is -0.368 e. The van der Waals surface area contributed by atoms with E-state index < -0.39 is 0 Å². The van der Waals surface area contributed by atoms with Crippen LogP contribution >= 0.6 is 11.3 Å². The van der Waals surface area contributed by atoms with Crippen molar-refractivity contribution in [3.05, 3.63) is 16.0 Å². The number of nitrogens with zero attached hydrogens (tertiary/aromatic N) is 1. The van der Waals surface area contributed by atoms with Crippen molar-refractivity contribution in [3.63, 3.8) is 0 Å². The maximum Gasteiger partial charge on any atom is 0.254 e. The predicted octanol–water partition coefficient (Wildman–Crippen LogP) is 2.86. The van der Waals surface area contributed by atoms with Gasteiger partial charge in [-0.05, 0) is 43.6 Å². The lowest BCUT2D eigenvalue weighted by Gasteiger charge is -2.17. The first-order valence-corrected chi connectivity index (χ1v) is 7.97. The van der Waals surface area contributed by atoms with E-state index in [2.05, 4.69) is 18.3 Å². The zero-order chi connectivity index (χ0) is 14.1. The maximum atomic E-state index is 12.1. The first-order valence-electron chi connectivity index (χ1n) is 7.16. The Balaban J connectivity index is 1.83. The standard InChI is InChI=1S/C15H18N2O2S/c1-9-4-5-10-11(8-16)15(20-13(10)7-9)17-14(18)12-3-2-6-19-12/h9,12H,2-7H2,1H3,(H,17,18)/t9-,12-/m0/s1. The van der Waals surface area contributed by atoms with Gasteiger partial charge in [0.15, 0.2) is 0 Å². The van der Waals surface area contributed by atoms with E-state index in [1.54, 1.807) is 11.3 Å². The molecular weight excluding hydrogens is 272 g/mol. The number of rotatable bonds is 2. The lowest BCUT2D eigenvalue weighted by atomic mass is 9.88. The summed E-state index contributed by atoms with van der Waals surface area (Å²) in [7, 11) is 0. The molecular formula is C15H18N2O2S. The Hall–Kier alpha value is -1.38. The minimum absolute atomic E-state index is 0.106. The fourth-order valence-corrected chi connectivity index (χ4v) is 4.30. The van der Waals surface area contributed by atoms with E-state index in [0.717, 1.165) is 37.7 Å². The fraction of sp³-hybridized carbons (Fsp3) is 0.600. The molecule has 1 aromatic heterocycles. The molecule has 0 unspecified atom stereocenters. The van der Waals surface area contributed by atoms with E-state index in [1.165, 1.54) is 4.88 Å². The summed E-state index contributed by atoms with van der Waals surface area (Å²) in [5, 5.41) is 13.0. The van der Waals surface area contributed by atoms with E-state index in [9.17, 15) is 10.1 Å². The van der Waals surface area contributed by atoms with Crippen LogP contribution in [0.25, 0.3) is 0 Å². The SMILES string of the molecule is C[C@H]1CCc2c(sc(NC(=O)[C@@H]3CCCO3)c2C#N)C1. The number of fused-ring (bicyclic) bond motifs is 1. The molecule has 0 radical (unpaired) electrons. The van der Waals surface area contributed by atoms with Crippen LogP contribution in [0.1, 0.15) is 42.2 Å². The Morgan fingerprint density at radius 1 is 1.50 bits per heavy atom. The fourth-order valence-electron chi connectivity index (χ4n) is 2.93. The molecule has 0 bridgehead atoms. The Morgan fingerprint density at radius 2 is 2.35 bits per heavy atom. The van der Waals surface area contributed by atoms with Crippen LogP contribution in [-0.2, 0) is 22.4 Å². The highest BCUT2D eigenvalue weighted by atomic mass is 32.1. The number of carbonyl (C=O) groups excluding carboxylic acids is 1. The molecule has 1 saturated heterocycles. The van der Waals surface area contributed by atoms with Crippen molar-refractivity contribution in [1.29, 1.82) is 5.26 Å². The van der Waals surface area contributed by atoms with Crippen molar-refractivity contribution in [1.82, 2.24) is 0 Å². The average molecular weight is 290 g/mol. The van der Waals surface area contributed by atoms with Gasteiger partial charge in [-0.2, -0.15) is 5.26 Å². The summed E-state index contributed by atoms with van der Waals surface area (Å²) in [6.45, 7) is 2.89. The Morgan fingerprint density at radius 3 is 3.05 bits per heavy atom. The van der Waals surface area contributed by atoms with Crippen LogP contribution in [-0.4, -0.2) is 18.6 Å². The molecule has 0 aromatic carbocycles. The molecule has 3 rings (SSSR count). The van der Waals surface area contributed by atoms with Crippen molar-refractivity contribution in [2.24, 2.45) is 5.92 Å². The van der Waals surface area contributed by atoms with Gasteiger partial charge in [-0.25, -0.2) is 0 Å². The third-order valence-electron chi connectivity index (χ3n) is 4.08. The van der Waals surface area contributed by atoms with Crippen molar-refractivity contribution in [2.75, 3.05) is 11.9 Å². The molecule has 5 heteroatoms. The highest BCUT2D eigenvalue weighted by molar-refractivity contribution is 7.16. The third-order valence-corrected chi connectivity index (χ3v) is 5.25. The molecule has 1 aromatic rings. The van der Waals surface area contributed by atoms with Crippen LogP contribution < -0.4 is 5.32 Å². The van der Waals surface area contributed by atoms with Gasteiger partial charge in [0.05, 0.1) is 5.56 Å². The monoisotopic (exact) mass is 290 g/mol. The van der Waals surface area contributed by atoms with Gasteiger partial charge in [-0.3, -0.25) is 4.79 Å². The van der Waals surface area contributed by atoms with Gasteiger partial charge < -0.3 is 10.1 Å². The van der Waals surface area contributed by atoms with E-state index in [0.29, 0.717) is 23.1 Å². The van der Waals surface area contributed by atoms with E-state index in [1.807, 2.05) is 0 Å². The molecule has 1 aliphatic carbocycles. The summed E-state index contributed by atoms with van der Waals surface area (Å²) in [5.74, 6) is 0.556. The van der Waals surface area contributed by atoms with Crippen LogP contribution in [0.4, 0.5) is 5.00 Å². The third kappa shape index (κ3) is 2.46. The number of hydrogen-bond donors (Lipinski definition) is 1. The second-order valence-electron chi connectivity index (χ2n) is 5.66. The van der Waals surface area contributed by atoms with E-state index >= 15 is 0 Å². The van der Waals surface area contributed by atoms with Gasteiger partial charge in [-0.1, -0.05) is 6.92 Å². The summed E-state index contributed by atoms with van der Waals surface area (Å²) in [6.07, 6.45) is 4.45. The molecule has 0 spiro atoms. The quantitative estimate of drug-likeness (QED) is 0.911. The predicted molar refractivity (Wildman–Crippen MR) is 77.8 cm³/mol. The highest BCUT2D eigenvalue weighted by Crippen LogP contribution is 2.39. The number of nitrogens with one attached hydrogen (secondary N) is 1. The summed E-state index contributed by atoms with van der Waals surface area (Å²) >= 11 is 1.57. The minimum atomic E-state index is -0.348. The molecule has 0 saturated carbocycles. The van der Waals surface area contributed by atoms with Crippen LogP contribution in [0.2, 0.25) is 0 Å². The molecule has 106 valence electrons. The van der Waals surface area contributed by atoms with E-state index in [4.69, 9.17) is 4.74 Å². The molecule has 1 fully saturated rings. The number of carbonyl (C=O) groups is 1. The van der Waals surface area contributed by atoms with Gasteiger partial charge in [-0.15, -0.1) is 11.3 Å². The first kappa shape index (κ1) is 13.6. The Bertz CT molecular complexity index is 567. The van der Waals surface area contributed by atoms with E-state index in [-0.39, 0.29) is 12.0 Å². The number of thiophene rings is 1.